The zero-order chi connectivity index (χ0) is 24.6. The minimum absolute atomic E-state index is 0.00855. The van der Waals surface area contributed by atoms with Gasteiger partial charge in [0.15, 0.2) is 0 Å². The zero-order valence-electron chi connectivity index (χ0n) is 19.7. The Kier molecular flexibility index (Phi) is 8.84. The second kappa shape index (κ2) is 11.8. The number of rotatable bonds is 13. The summed E-state index contributed by atoms with van der Waals surface area (Å²) in [5, 5.41) is 0. The smallest absolute Gasteiger partial charge is 0.245 e. The summed E-state index contributed by atoms with van der Waals surface area (Å²) in [4.78, 5) is 19.0. The van der Waals surface area contributed by atoms with Gasteiger partial charge in [0.1, 0.15) is 28.0 Å². The Bertz CT molecular complexity index is 1190. The second-order valence-electron chi connectivity index (χ2n) is 8.04. The Morgan fingerprint density at radius 1 is 1.06 bits per heavy atom. The maximum absolute atomic E-state index is 13.4. The van der Waals surface area contributed by atoms with E-state index >= 15 is 0 Å². The molecule has 3 rings (SSSR count). The Morgan fingerprint density at radius 3 is 2.50 bits per heavy atom. The number of benzene rings is 2. The van der Waals surface area contributed by atoms with Crippen LogP contribution in [0.4, 0.5) is 0 Å². The van der Waals surface area contributed by atoms with Gasteiger partial charge >= 0.3 is 0 Å². The van der Waals surface area contributed by atoms with E-state index in [4.69, 9.17) is 9.47 Å². The third-order valence-corrected chi connectivity index (χ3v) is 6.98. The van der Waals surface area contributed by atoms with Gasteiger partial charge in [-0.05, 0) is 37.5 Å². The van der Waals surface area contributed by atoms with Gasteiger partial charge < -0.3 is 19.3 Å². The molecular formula is C25H31N3O5S. The topological polar surface area (TPSA) is 110 Å². The molecule has 1 atom stereocenters. The number of ketones is 1. The summed E-state index contributed by atoms with van der Waals surface area (Å²) in [6.45, 7) is 1.58. The van der Waals surface area contributed by atoms with Crippen molar-refractivity contribution in [3.63, 3.8) is 0 Å². The van der Waals surface area contributed by atoms with E-state index in [0.717, 1.165) is 30.5 Å². The summed E-state index contributed by atoms with van der Waals surface area (Å²) in [7, 11) is -1.07. The van der Waals surface area contributed by atoms with E-state index in [1.807, 2.05) is 30.3 Å². The highest BCUT2D eigenvalue weighted by atomic mass is 32.2. The van der Waals surface area contributed by atoms with Crippen LogP contribution in [0.25, 0.3) is 11.3 Å². The number of nitrogens with one attached hydrogen (secondary N) is 2. The molecule has 3 aromatic rings. The molecule has 0 amide bonds. The van der Waals surface area contributed by atoms with Crippen LogP contribution in [-0.4, -0.2) is 38.4 Å². The van der Waals surface area contributed by atoms with Crippen LogP contribution in [0.2, 0.25) is 0 Å². The number of imidazole rings is 1. The Balaban J connectivity index is 1.86. The molecule has 0 radical (unpaired) electrons. The SMILES string of the molecule is COc1ccc(OC)c(S(=O)(=O)N[C@@H](CCCCCC(C)=O)c2ncc(-c3ccccc3)[nH]2)c1. The highest BCUT2D eigenvalue weighted by Crippen LogP contribution is 2.30. The number of hydrogen-bond donors (Lipinski definition) is 2. The van der Waals surface area contributed by atoms with Gasteiger partial charge in [0.2, 0.25) is 10.0 Å². The fraction of sp³-hybridized carbons (Fsp3) is 0.360. The molecule has 0 saturated heterocycles. The number of hydrogen-bond acceptors (Lipinski definition) is 6. The van der Waals surface area contributed by atoms with E-state index in [1.54, 1.807) is 25.3 Å². The number of Topliss-reactive ketones (excluding diaryl/α,β-unsaturated/α-hetero) is 1. The number of nitrogens with zero attached hydrogens (tertiary/aromatic N) is 1. The fourth-order valence-corrected chi connectivity index (χ4v) is 5.09. The maximum atomic E-state index is 13.4. The number of ether oxygens (including phenoxy) is 2. The van der Waals surface area contributed by atoms with Crippen molar-refractivity contribution in [2.45, 2.75) is 50.0 Å². The molecule has 1 heterocycles. The predicted octanol–water partition coefficient (Wildman–Crippen LogP) is 4.65. The lowest BCUT2D eigenvalue weighted by molar-refractivity contribution is -0.117. The standard InChI is InChI=1S/C25H31N3O5S/c1-18(29)10-6-4-9-13-21(25-26-17-22(27-25)19-11-7-5-8-12-19)28-34(30,31)24-16-20(32-2)14-15-23(24)33-3/h5,7-8,11-12,14-17,21,28H,4,6,9-10,13H2,1-3H3,(H,26,27)/t21-/m0/s1. The molecule has 34 heavy (non-hydrogen) atoms. The molecule has 0 aliphatic carbocycles. The van der Waals surface area contributed by atoms with E-state index in [1.165, 1.54) is 20.3 Å². The highest BCUT2D eigenvalue weighted by molar-refractivity contribution is 7.89. The van der Waals surface area contributed by atoms with Gasteiger partial charge in [-0.2, -0.15) is 0 Å². The van der Waals surface area contributed by atoms with Crippen LogP contribution >= 0.6 is 0 Å². The lowest BCUT2D eigenvalue weighted by Crippen LogP contribution is -2.30. The number of aromatic nitrogens is 2. The molecule has 9 heteroatoms. The number of methoxy groups -OCH3 is 2. The van der Waals surface area contributed by atoms with Gasteiger partial charge in [-0.3, -0.25) is 0 Å². The third kappa shape index (κ3) is 6.68. The lowest BCUT2D eigenvalue weighted by atomic mass is 10.1. The van der Waals surface area contributed by atoms with Crippen molar-refractivity contribution in [1.29, 1.82) is 0 Å². The molecule has 0 unspecified atom stereocenters. The van der Waals surface area contributed by atoms with Gasteiger partial charge in [0, 0.05) is 12.5 Å². The van der Waals surface area contributed by atoms with Gasteiger partial charge in [0.25, 0.3) is 0 Å². The van der Waals surface area contributed by atoms with E-state index in [9.17, 15) is 13.2 Å². The molecule has 0 aliphatic rings. The third-order valence-electron chi connectivity index (χ3n) is 5.49. The van der Waals surface area contributed by atoms with Crippen LogP contribution in [0, 0.1) is 0 Å². The maximum Gasteiger partial charge on any atom is 0.245 e. The first kappa shape index (κ1) is 25.5. The van der Waals surface area contributed by atoms with E-state index < -0.39 is 16.1 Å². The minimum atomic E-state index is -3.96. The monoisotopic (exact) mass is 485 g/mol. The number of sulfonamides is 1. The summed E-state index contributed by atoms with van der Waals surface area (Å²) in [6.07, 6.45) is 5.06. The largest absolute Gasteiger partial charge is 0.497 e. The Hall–Kier alpha value is -3.17. The molecule has 0 saturated carbocycles. The molecule has 0 bridgehead atoms. The number of unbranched alkanes of at least 4 members (excludes halogenated alkanes) is 2. The summed E-state index contributed by atoms with van der Waals surface area (Å²) in [5.41, 5.74) is 1.76. The van der Waals surface area contributed by atoms with Crippen LogP contribution in [0.3, 0.4) is 0 Å². The first-order chi connectivity index (χ1) is 16.3. The summed E-state index contributed by atoms with van der Waals surface area (Å²) >= 11 is 0. The highest BCUT2D eigenvalue weighted by Gasteiger charge is 2.27. The quantitative estimate of drug-likeness (QED) is 0.341. The van der Waals surface area contributed by atoms with Crippen molar-refractivity contribution < 1.29 is 22.7 Å². The molecule has 1 aromatic heterocycles. The first-order valence-corrected chi connectivity index (χ1v) is 12.7. The van der Waals surface area contributed by atoms with Gasteiger partial charge in [-0.1, -0.05) is 43.2 Å². The minimum Gasteiger partial charge on any atom is -0.497 e. The summed E-state index contributed by atoms with van der Waals surface area (Å²) in [5.74, 6) is 1.31. The van der Waals surface area contributed by atoms with Crippen LogP contribution in [-0.2, 0) is 14.8 Å². The van der Waals surface area contributed by atoms with E-state index in [2.05, 4.69) is 14.7 Å². The van der Waals surface area contributed by atoms with Crippen LogP contribution < -0.4 is 14.2 Å². The average Bonchev–Trinajstić information content (AvgIpc) is 3.33. The van der Waals surface area contributed by atoms with E-state index in [0.29, 0.717) is 24.4 Å². The lowest BCUT2D eigenvalue weighted by Gasteiger charge is -2.18. The van der Waals surface area contributed by atoms with E-state index in [-0.39, 0.29) is 16.4 Å². The molecular weight excluding hydrogens is 454 g/mol. The molecule has 0 aliphatic heterocycles. The van der Waals surface area contributed by atoms with Crippen molar-refractivity contribution in [2.24, 2.45) is 0 Å². The summed E-state index contributed by atoms with van der Waals surface area (Å²) < 4.78 is 40.1. The number of H-pyrrole nitrogens is 1. The first-order valence-electron chi connectivity index (χ1n) is 11.2. The molecule has 2 aromatic carbocycles. The average molecular weight is 486 g/mol. The number of carbonyl (C=O) groups excluding carboxylic acids is 1. The number of carbonyl (C=O) groups is 1. The van der Waals surface area contributed by atoms with Crippen molar-refractivity contribution >= 4 is 15.8 Å². The molecule has 0 spiro atoms. The normalized spacial score (nSPS) is 12.3. The zero-order valence-corrected chi connectivity index (χ0v) is 20.5. The van der Waals surface area contributed by atoms with Crippen molar-refractivity contribution in [1.82, 2.24) is 14.7 Å². The second-order valence-corrected chi connectivity index (χ2v) is 9.72. The molecule has 182 valence electrons. The van der Waals surface area contributed by atoms with Crippen LogP contribution in [0.5, 0.6) is 11.5 Å². The van der Waals surface area contributed by atoms with Crippen LogP contribution in [0.1, 0.15) is 50.9 Å². The summed E-state index contributed by atoms with van der Waals surface area (Å²) in [6, 6.07) is 13.8. The van der Waals surface area contributed by atoms with Crippen molar-refractivity contribution in [2.75, 3.05) is 14.2 Å². The van der Waals surface area contributed by atoms with Crippen molar-refractivity contribution in [3.8, 4) is 22.8 Å². The molecule has 0 fully saturated rings. The molecule has 8 nitrogen and oxygen atoms in total. The van der Waals surface area contributed by atoms with Crippen LogP contribution in [0.15, 0.2) is 59.6 Å². The fourth-order valence-electron chi connectivity index (χ4n) is 3.67. The number of aromatic amines is 1. The molecule has 2 N–H and O–H groups in total. The van der Waals surface area contributed by atoms with Crippen molar-refractivity contribution in [3.05, 3.63) is 60.6 Å². The predicted molar refractivity (Wildman–Crippen MR) is 130 cm³/mol. The van der Waals surface area contributed by atoms with Gasteiger partial charge in [-0.25, -0.2) is 18.1 Å². The van der Waals surface area contributed by atoms with Gasteiger partial charge in [-0.15, -0.1) is 0 Å². The Morgan fingerprint density at radius 2 is 1.82 bits per heavy atom. The Labute approximate surface area is 200 Å². The van der Waals surface area contributed by atoms with Gasteiger partial charge in [0.05, 0.1) is 32.2 Å².